The Labute approximate surface area is 218 Å². The third kappa shape index (κ3) is 4.72. The third-order valence-corrected chi connectivity index (χ3v) is 7.15. The van der Waals surface area contributed by atoms with Crippen molar-refractivity contribution < 1.29 is 19.0 Å². The molecule has 0 unspecified atom stereocenters. The highest BCUT2D eigenvalue weighted by atomic mass is 16.5. The first kappa shape index (κ1) is 24.7. The molecule has 0 aromatic heterocycles. The van der Waals surface area contributed by atoms with E-state index in [2.05, 4.69) is 65.8 Å². The van der Waals surface area contributed by atoms with Crippen LogP contribution in [0.3, 0.4) is 0 Å². The lowest BCUT2D eigenvalue weighted by Gasteiger charge is -2.27. The number of piperidine rings is 1. The molecule has 37 heavy (non-hydrogen) atoms. The lowest BCUT2D eigenvalue weighted by Crippen LogP contribution is -2.27. The number of benzene rings is 3. The van der Waals surface area contributed by atoms with Crippen molar-refractivity contribution in [2.45, 2.75) is 12.8 Å². The van der Waals surface area contributed by atoms with Crippen molar-refractivity contribution in [1.82, 2.24) is 4.90 Å². The van der Waals surface area contributed by atoms with Gasteiger partial charge in [-0.05, 0) is 72.0 Å². The molecule has 0 spiro atoms. The van der Waals surface area contributed by atoms with Gasteiger partial charge in [-0.2, -0.15) is 0 Å². The molecule has 5 rings (SSSR count). The van der Waals surface area contributed by atoms with E-state index in [-0.39, 0.29) is 5.91 Å². The molecular weight excluding hydrogens is 464 g/mol. The van der Waals surface area contributed by atoms with Gasteiger partial charge in [0.2, 0.25) is 5.75 Å². The summed E-state index contributed by atoms with van der Waals surface area (Å²) in [5.74, 6) is 0.937. The van der Waals surface area contributed by atoms with Crippen molar-refractivity contribution in [3.8, 4) is 17.2 Å². The van der Waals surface area contributed by atoms with Crippen LogP contribution in [0.5, 0.6) is 17.2 Å². The molecule has 1 aliphatic carbocycles. The number of hydrogen-bond acceptors (Lipinski definition) is 5. The highest BCUT2D eigenvalue weighted by Crippen LogP contribution is 2.41. The van der Waals surface area contributed by atoms with Gasteiger partial charge in [0.25, 0.3) is 5.91 Å². The van der Waals surface area contributed by atoms with Gasteiger partial charge >= 0.3 is 0 Å². The first-order valence-corrected chi connectivity index (χ1v) is 12.5. The van der Waals surface area contributed by atoms with E-state index in [9.17, 15) is 4.79 Å². The lowest BCUT2D eigenvalue weighted by atomic mass is 9.86. The summed E-state index contributed by atoms with van der Waals surface area (Å²) in [6.07, 6.45) is 6.40. The van der Waals surface area contributed by atoms with E-state index < -0.39 is 0 Å². The number of methoxy groups -OCH3 is 3. The Hall–Kier alpha value is -4.03. The standard InChI is InChI=1S/C31H32N2O4/c1-33-17-15-22(16-18-33)28-24-8-6-5-7-20(24)9-10-21-11-12-23(19-26(21)28)32-31(34)25-13-14-27(35-2)30(37-4)29(25)36-3/h5-14,19H,15-18H2,1-4H3,(H,32,34). The highest BCUT2D eigenvalue weighted by Gasteiger charge is 2.24. The predicted molar refractivity (Wildman–Crippen MR) is 149 cm³/mol. The van der Waals surface area contributed by atoms with Crippen LogP contribution in [0.25, 0.3) is 17.7 Å². The number of carbonyl (C=O) groups is 1. The summed E-state index contributed by atoms with van der Waals surface area (Å²) in [6, 6.07) is 18.1. The van der Waals surface area contributed by atoms with Gasteiger partial charge in [-0.1, -0.05) is 48.1 Å². The Bertz CT molecular complexity index is 1400. The fraction of sp³-hybridized carbons (Fsp3) is 0.258. The number of rotatable bonds is 5. The molecule has 190 valence electrons. The Morgan fingerprint density at radius 3 is 2.22 bits per heavy atom. The van der Waals surface area contributed by atoms with Gasteiger partial charge in [-0.25, -0.2) is 0 Å². The topological polar surface area (TPSA) is 60.0 Å². The monoisotopic (exact) mass is 496 g/mol. The number of hydrogen-bond donors (Lipinski definition) is 1. The van der Waals surface area contributed by atoms with Crippen molar-refractivity contribution in [2.24, 2.45) is 0 Å². The van der Waals surface area contributed by atoms with E-state index in [1.165, 1.54) is 36.5 Å². The minimum Gasteiger partial charge on any atom is -0.493 e. The average Bonchev–Trinajstić information content (AvgIpc) is 3.09. The Morgan fingerprint density at radius 1 is 0.811 bits per heavy atom. The molecule has 2 aliphatic rings. The molecule has 0 bridgehead atoms. The van der Waals surface area contributed by atoms with E-state index >= 15 is 0 Å². The van der Waals surface area contributed by atoms with Crippen molar-refractivity contribution in [2.75, 3.05) is 46.8 Å². The molecule has 1 N–H and O–H groups in total. The maximum absolute atomic E-state index is 13.4. The first-order chi connectivity index (χ1) is 18.0. The number of amides is 1. The van der Waals surface area contributed by atoms with E-state index in [1.54, 1.807) is 19.2 Å². The minimum absolute atomic E-state index is 0.282. The van der Waals surface area contributed by atoms with E-state index in [0.717, 1.165) is 42.7 Å². The zero-order valence-electron chi connectivity index (χ0n) is 21.8. The summed E-state index contributed by atoms with van der Waals surface area (Å²) in [7, 11) is 6.77. The third-order valence-electron chi connectivity index (χ3n) is 7.15. The molecule has 1 saturated heterocycles. The SMILES string of the molecule is COc1ccc(C(=O)Nc2ccc3c(c2)C(=C2CCN(C)CC2)c2ccccc2C=C3)c(OC)c1OC. The molecule has 1 aliphatic heterocycles. The second-order valence-electron chi connectivity index (χ2n) is 9.34. The molecule has 3 aromatic carbocycles. The first-order valence-electron chi connectivity index (χ1n) is 12.5. The molecule has 6 heteroatoms. The molecule has 1 fully saturated rings. The summed E-state index contributed by atoms with van der Waals surface area (Å²) >= 11 is 0. The average molecular weight is 497 g/mol. The molecule has 0 radical (unpaired) electrons. The van der Waals surface area contributed by atoms with Crippen LogP contribution in [0.4, 0.5) is 5.69 Å². The number of fused-ring (bicyclic) bond motifs is 2. The smallest absolute Gasteiger partial charge is 0.259 e. The molecule has 3 aromatic rings. The summed E-state index contributed by atoms with van der Waals surface area (Å²) < 4.78 is 16.4. The lowest BCUT2D eigenvalue weighted by molar-refractivity contribution is 0.102. The predicted octanol–water partition coefficient (Wildman–Crippen LogP) is 5.98. The normalized spacial score (nSPS) is 14.9. The van der Waals surface area contributed by atoms with Crippen molar-refractivity contribution >= 4 is 29.3 Å². The van der Waals surface area contributed by atoms with E-state index in [0.29, 0.717) is 22.8 Å². The number of anilines is 1. The van der Waals surface area contributed by atoms with Gasteiger partial charge in [-0.3, -0.25) is 4.79 Å². The van der Waals surface area contributed by atoms with Gasteiger partial charge < -0.3 is 24.4 Å². The molecule has 0 atom stereocenters. The number of carbonyl (C=O) groups excluding carboxylic acids is 1. The van der Waals surface area contributed by atoms with Crippen LogP contribution in [-0.4, -0.2) is 52.3 Å². The van der Waals surface area contributed by atoms with Gasteiger partial charge in [0.1, 0.15) is 0 Å². The minimum atomic E-state index is -0.282. The van der Waals surface area contributed by atoms with Crippen LogP contribution in [0.1, 0.15) is 45.5 Å². The Kier molecular flexibility index (Phi) is 7.01. The van der Waals surface area contributed by atoms with Crippen molar-refractivity contribution in [1.29, 1.82) is 0 Å². The second kappa shape index (κ2) is 10.5. The fourth-order valence-electron chi connectivity index (χ4n) is 5.19. The summed E-state index contributed by atoms with van der Waals surface area (Å²) in [5, 5.41) is 3.08. The van der Waals surface area contributed by atoms with Crippen LogP contribution in [0, 0.1) is 0 Å². The molecule has 0 saturated carbocycles. The second-order valence-corrected chi connectivity index (χ2v) is 9.34. The number of nitrogens with zero attached hydrogens (tertiary/aromatic N) is 1. The maximum atomic E-state index is 13.4. The van der Waals surface area contributed by atoms with Crippen LogP contribution in [0.15, 0.2) is 60.2 Å². The Morgan fingerprint density at radius 2 is 1.51 bits per heavy atom. The molecular formula is C31H32N2O4. The number of nitrogens with one attached hydrogen (secondary N) is 1. The molecule has 1 heterocycles. The van der Waals surface area contributed by atoms with E-state index in [1.807, 2.05) is 6.07 Å². The van der Waals surface area contributed by atoms with Crippen LogP contribution < -0.4 is 19.5 Å². The summed E-state index contributed by atoms with van der Waals surface area (Å²) in [5.41, 5.74) is 8.55. The van der Waals surface area contributed by atoms with Gasteiger partial charge in [0.15, 0.2) is 11.5 Å². The molecule has 1 amide bonds. The van der Waals surface area contributed by atoms with Crippen LogP contribution in [0.2, 0.25) is 0 Å². The maximum Gasteiger partial charge on any atom is 0.259 e. The molecule has 6 nitrogen and oxygen atoms in total. The quantitative estimate of drug-likeness (QED) is 0.369. The van der Waals surface area contributed by atoms with Gasteiger partial charge in [0.05, 0.1) is 26.9 Å². The van der Waals surface area contributed by atoms with Gasteiger partial charge in [-0.15, -0.1) is 0 Å². The van der Waals surface area contributed by atoms with Gasteiger partial charge in [0, 0.05) is 18.8 Å². The zero-order chi connectivity index (χ0) is 25.9. The van der Waals surface area contributed by atoms with Crippen molar-refractivity contribution in [3.05, 3.63) is 88.0 Å². The van der Waals surface area contributed by atoms with Crippen molar-refractivity contribution in [3.63, 3.8) is 0 Å². The Balaban J connectivity index is 1.56. The summed E-state index contributed by atoms with van der Waals surface area (Å²) in [4.78, 5) is 15.8. The number of ether oxygens (including phenoxy) is 3. The van der Waals surface area contributed by atoms with Crippen LogP contribution in [-0.2, 0) is 0 Å². The summed E-state index contributed by atoms with van der Waals surface area (Å²) in [6.45, 7) is 2.08. The van der Waals surface area contributed by atoms with E-state index in [4.69, 9.17) is 14.2 Å². The largest absolute Gasteiger partial charge is 0.493 e. The fourth-order valence-corrected chi connectivity index (χ4v) is 5.19. The van der Waals surface area contributed by atoms with Crippen LogP contribution >= 0.6 is 0 Å². The number of likely N-dealkylation sites (tertiary alicyclic amines) is 1. The zero-order valence-corrected chi connectivity index (χ0v) is 21.8. The highest BCUT2D eigenvalue weighted by molar-refractivity contribution is 6.07.